The summed E-state index contributed by atoms with van der Waals surface area (Å²) in [5.74, 6) is -1.74. The molecule has 11 heteroatoms. The lowest BCUT2D eigenvalue weighted by molar-refractivity contribution is -0.158. The zero-order valence-corrected chi connectivity index (χ0v) is 28.9. The fourth-order valence-corrected chi connectivity index (χ4v) is 8.36. The molecule has 6 saturated heterocycles. The van der Waals surface area contributed by atoms with Crippen molar-refractivity contribution in [2.45, 2.75) is 98.3 Å². The third-order valence-electron chi connectivity index (χ3n) is 10.9. The van der Waals surface area contributed by atoms with Crippen molar-refractivity contribution in [1.29, 1.82) is 0 Å². The Kier molecular flexibility index (Phi) is 9.79. The van der Waals surface area contributed by atoms with Crippen molar-refractivity contribution in [1.82, 2.24) is 9.80 Å². The molecule has 6 heterocycles. The summed E-state index contributed by atoms with van der Waals surface area (Å²) in [6.45, 7) is 0.235. The number of morpholine rings is 2. The summed E-state index contributed by atoms with van der Waals surface area (Å²) < 4.78 is 30.1. The van der Waals surface area contributed by atoms with Crippen LogP contribution in [0.25, 0.3) is 0 Å². The number of carbonyl (C=O) groups is 2. The molecule has 0 amide bonds. The first-order valence-corrected chi connectivity index (χ1v) is 15.8. The van der Waals surface area contributed by atoms with E-state index in [2.05, 4.69) is 23.9 Å². The topological polar surface area (TPSA) is 93.4 Å². The minimum atomic E-state index is -0.590. The smallest absolute Gasteiger partial charge is 0.316 e. The van der Waals surface area contributed by atoms with Crippen molar-refractivity contribution in [3.63, 3.8) is 0 Å². The number of hydrogen-bond donors (Lipinski definition) is 0. The Morgan fingerprint density at radius 3 is 1.31 bits per heavy atom. The molecule has 0 radical (unpaired) electrons. The van der Waals surface area contributed by atoms with Gasteiger partial charge in [0, 0.05) is 49.9 Å². The maximum atomic E-state index is 13.6. The number of piperidine rings is 2. The van der Waals surface area contributed by atoms with Crippen LogP contribution in [0.15, 0.2) is 60.7 Å². The van der Waals surface area contributed by atoms with Gasteiger partial charge in [-0.1, -0.05) is 60.7 Å². The zero-order valence-electron chi connectivity index (χ0n) is 25.5. The molecule has 45 heavy (non-hydrogen) atoms. The van der Waals surface area contributed by atoms with Crippen LogP contribution in [0.4, 0.5) is 0 Å². The van der Waals surface area contributed by atoms with E-state index in [1.54, 1.807) is 0 Å². The molecule has 6 aliphatic rings. The fourth-order valence-electron chi connectivity index (χ4n) is 8.36. The molecule has 0 unspecified atom stereocenters. The molecular weight excluding hydrogens is 708 g/mol. The van der Waals surface area contributed by atoms with Gasteiger partial charge in [0.1, 0.15) is 48.5 Å². The molecule has 4 bridgehead atoms. The van der Waals surface area contributed by atoms with Crippen LogP contribution < -0.4 is 0 Å². The van der Waals surface area contributed by atoms with Crippen LogP contribution in [0.5, 0.6) is 0 Å². The van der Waals surface area contributed by atoms with E-state index in [0.29, 0.717) is 24.2 Å². The van der Waals surface area contributed by atoms with E-state index in [-0.39, 0.29) is 95.7 Å². The van der Waals surface area contributed by atoms with Gasteiger partial charge in [0.25, 0.3) is 0 Å². The van der Waals surface area contributed by atoms with Gasteiger partial charge >= 0.3 is 11.9 Å². The molecule has 244 valence electrons. The van der Waals surface area contributed by atoms with Gasteiger partial charge in [0.15, 0.2) is 0 Å². The van der Waals surface area contributed by atoms with Crippen molar-refractivity contribution < 1.29 is 33.3 Å². The van der Waals surface area contributed by atoms with Gasteiger partial charge in [-0.2, -0.15) is 0 Å². The molecule has 0 spiro atoms. The van der Waals surface area contributed by atoms with Crippen LogP contribution in [0.2, 0.25) is 0 Å². The van der Waals surface area contributed by atoms with Crippen LogP contribution in [0, 0.1) is 0 Å². The Morgan fingerprint density at radius 2 is 0.978 bits per heavy atom. The van der Waals surface area contributed by atoms with Crippen LogP contribution in [0.1, 0.15) is 48.6 Å². The molecule has 0 aromatic heterocycles. The number of epoxide rings is 2. The van der Waals surface area contributed by atoms with E-state index in [1.165, 1.54) is 0 Å². The summed E-state index contributed by atoms with van der Waals surface area (Å²) in [4.78, 5) is 32.0. The van der Waals surface area contributed by atoms with Crippen LogP contribution in [-0.4, -0.2) is 110 Å². The molecule has 0 saturated carbocycles. The van der Waals surface area contributed by atoms with Gasteiger partial charge in [-0.3, -0.25) is 19.4 Å². The molecule has 6 fully saturated rings. The number of fused-ring (bicyclic) bond motifs is 10. The minimum Gasteiger partial charge on any atom is -0.462 e. The number of likely N-dealkylation sites (N-methyl/N-ethyl adjacent to an activating group) is 2. The van der Waals surface area contributed by atoms with E-state index >= 15 is 0 Å². The summed E-state index contributed by atoms with van der Waals surface area (Å²) >= 11 is 0. The first kappa shape index (κ1) is 33.1. The lowest BCUT2D eigenvalue weighted by Crippen LogP contribution is -2.48. The van der Waals surface area contributed by atoms with Crippen LogP contribution >= 0.6 is 34.0 Å². The Morgan fingerprint density at radius 1 is 0.644 bits per heavy atom. The van der Waals surface area contributed by atoms with Gasteiger partial charge in [0.05, 0.1) is 13.2 Å². The molecule has 9 nitrogen and oxygen atoms in total. The SMILES string of the molecule is Br.Br.CN1[C@@H]2C[C@@H](OC(=O)[C@H](COC[C@@H](C(=O)O[C@@H]3C[C@@H]4[C@H]5O[C@H]5[C@H](C3)N4C)c3ccccc3)c3ccccc3)C[C@H]1[C@@H]1O[C@@H]12. The summed E-state index contributed by atoms with van der Waals surface area (Å²) in [7, 11) is 4.29. The second-order valence-corrected chi connectivity index (χ2v) is 13.3. The number of ether oxygens (including phenoxy) is 5. The predicted molar refractivity (Wildman–Crippen MR) is 176 cm³/mol. The van der Waals surface area contributed by atoms with E-state index in [4.69, 9.17) is 23.7 Å². The third-order valence-corrected chi connectivity index (χ3v) is 10.9. The van der Waals surface area contributed by atoms with Gasteiger partial charge < -0.3 is 23.7 Å². The first-order chi connectivity index (χ1) is 21.0. The highest BCUT2D eigenvalue weighted by atomic mass is 79.9. The second-order valence-electron chi connectivity index (χ2n) is 13.3. The van der Waals surface area contributed by atoms with Gasteiger partial charge in [-0.05, 0) is 25.2 Å². The number of carbonyl (C=O) groups excluding carboxylic acids is 2. The van der Waals surface area contributed by atoms with E-state index in [1.807, 2.05) is 60.7 Å². The van der Waals surface area contributed by atoms with Crippen molar-refractivity contribution in [2.24, 2.45) is 0 Å². The van der Waals surface area contributed by atoms with Crippen molar-refractivity contribution in [3.05, 3.63) is 71.8 Å². The number of rotatable bonds is 10. The van der Waals surface area contributed by atoms with Gasteiger partial charge in [-0.15, -0.1) is 34.0 Å². The standard InChI is InChI=1S/C34H40N2O7.2BrH/c1-35-25-13-21(14-26(35)30-29(25)42-30)40-33(37)23(19-9-5-3-6-10-19)17-39-18-24(20-11-7-4-8-12-20)34(38)41-22-15-27-31-32(43-31)28(16-22)36(27)2;;/h3-12,21-32H,13-18H2,1-2H3;2*1H/t21-,22-,23-,24-,25-,26+,27-,28+,29-,30+,31-,32+;;/m1../s1. The molecular formula is C34H42Br2N2O7. The number of esters is 2. The highest BCUT2D eigenvalue weighted by molar-refractivity contribution is 8.93. The minimum absolute atomic E-state index is 0. The maximum Gasteiger partial charge on any atom is 0.316 e. The van der Waals surface area contributed by atoms with Gasteiger partial charge in [-0.25, -0.2) is 0 Å². The van der Waals surface area contributed by atoms with Crippen molar-refractivity contribution >= 4 is 45.9 Å². The predicted octanol–water partition coefficient (Wildman–Crippen LogP) is 4.04. The monoisotopic (exact) mass is 748 g/mol. The Labute approximate surface area is 285 Å². The Hall–Kier alpha value is -1.86. The molecule has 2 aromatic rings. The van der Waals surface area contributed by atoms with Crippen molar-refractivity contribution in [3.8, 4) is 0 Å². The molecule has 0 N–H and O–H groups in total. The molecule has 6 aliphatic heterocycles. The fraction of sp³-hybridized carbons (Fsp3) is 0.588. The Balaban J connectivity index is 0.00000179. The second kappa shape index (κ2) is 13.3. The average Bonchev–Trinajstić information content (AvgIpc) is 3.92. The highest BCUT2D eigenvalue weighted by Gasteiger charge is 2.64. The summed E-state index contributed by atoms with van der Waals surface area (Å²) in [6.07, 6.45) is 4.02. The normalized spacial score (nSPS) is 36.8. The van der Waals surface area contributed by atoms with Gasteiger partial charge in [0.2, 0.25) is 0 Å². The summed E-state index contributed by atoms with van der Waals surface area (Å²) in [5, 5.41) is 0. The van der Waals surface area contributed by atoms with Crippen molar-refractivity contribution in [2.75, 3.05) is 27.3 Å². The van der Waals surface area contributed by atoms with E-state index in [0.717, 1.165) is 36.8 Å². The molecule has 2 aromatic carbocycles. The largest absolute Gasteiger partial charge is 0.462 e. The van der Waals surface area contributed by atoms with Crippen LogP contribution in [0.3, 0.4) is 0 Å². The summed E-state index contributed by atoms with van der Waals surface area (Å²) in [6, 6.07) is 20.5. The van der Waals surface area contributed by atoms with E-state index < -0.39 is 11.8 Å². The Bertz CT molecular complexity index is 1220. The number of hydrogen-bond acceptors (Lipinski definition) is 9. The number of benzene rings is 2. The lowest BCUT2D eigenvalue weighted by atomic mass is 9.97. The van der Waals surface area contributed by atoms with Crippen LogP contribution in [-0.2, 0) is 33.3 Å². The van der Waals surface area contributed by atoms with E-state index in [9.17, 15) is 9.59 Å². The molecule has 12 atom stereocenters. The molecule has 0 aliphatic carbocycles. The zero-order chi connectivity index (χ0) is 29.2. The lowest BCUT2D eigenvalue weighted by Gasteiger charge is -2.38. The first-order valence-electron chi connectivity index (χ1n) is 15.8. The highest BCUT2D eigenvalue weighted by Crippen LogP contribution is 2.49. The molecule has 8 rings (SSSR count). The quantitative estimate of drug-likeness (QED) is 0.264. The number of nitrogens with zero attached hydrogens (tertiary/aromatic N) is 2. The number of halogens is 2. The third kappa shape index (κ3) is 6.26. The summed E-state index contributed by atoms with van der Waals surface area (Å²) in [5.41, 5.74) is 1.69. The average molecular weight is 751 g/mol. The maximum absolute atomic E-state index is 13.6.